The van der Waals surface area contributed by atoms with Gasteiger partial charge < -0.3 is 14.5 Å². The predicted octanol–water partition coefficient (Wildman–Crippen LogP) is 4.33. The fourth-order valence-electron chi connectivity index (χ4n) is 2.64. The normalized spacial score (nSPS) is 10.7. The second-order valence-corrected chi connectivity index (χ2v) is 6.33. The van der Waals surface area contributed by atoms with Gasteiger partial charge in [-0.15, -0.1) is 0 Å². The summed E-state index contributed by atoms with van der Waals surface area (Å²) in [6.45, 7) is 3.64. The minimum atomic E-state index is -0.447. The molecule has 0 unspecified atom stereocenters. The van der Waals surface area contributed by atoms with Gasteiger partial charge in [0.05, 0.1) is 5.02 Å². The molecule has 1 aromatic heterocycles. The zero-order valence-electron chi connectivity index (χ0n) is 14.5. The summed E-state index contributed by atoms with van der Waals surface area (Å²) in [4.78, 5) is 23.6. The molecule has 0 aliphatic rings. The number of halogens is 1. The summed E-state index contributed by atoms with van der Waals surface area (Å²) in [5.41, 5.74) is 2.52. The highest BCUT2D eigenvalue weighted by atomic mass is 35.5. The van der Waals surface area contributed by atoms with Crippen molar-refractivity contribution in [3.63, 3.8) is 0 Å². The van der Waals surface area contributed by atoms with Crippen LogP contribution in [0.15, 0.2) is 51.7 Å². The highest BCUT2D eigenvalue weighted by Gasteiger charge is 2.11. The first kappa shape index (κ1) is 18.0. The van der Waals surface area contributed by atoms with E-state index in [0.29, 0.717) is 16.3 Å². The van der Waals surface area contributed by atoms with Crippen molar-refractivity contribution in [3.05, 3.63) is 69.0 Å². The van der Waals surface area contributed by atoms with Crippen molar-refractivity contribution >= 4 is 34.2 Å². The number of ether oxygens (including phenoxy) is 1. The van der Waals surface area contributed by atoms with Gasteiger partial charge in [-0.1, -0.05) is 30.7 Å². The first-order chi connectivity index (χ1) is 12.5. The fourth-order valence-corrected chi connectivity index (χ4v) is 2.86. The van der Waals surface area contributed by atoms with Crippen molar-refractivity contribution in [2.24, 2.45) is 0 Å². The molecule has 0 saturated carbocycles. The van der Waals surface area contributed by atoms with Crippen LogP contribution in [0.1, 0.15) is 18.1 Å². The van der Waals surface area contributed by atoms with Gasteiger partial charge in [0.1, 0.15) is 11.3 Å². The van der Waals surface area contributed by atoms with Crippen LogP contribution in [0.5, 0.6) is 5.75 Å². The quantitative estimate of drug-likeness (QED) is 0.677. The SMILES string of the molecule is CCc1cccc(NC(=O)COc2cc3oc(=O)cc(C)c3cc2Cl)c1. The van der Waals surface area contributed by atoms with Gasteiger partial charge in [-0.05, 0) is 42.7 Å². The van der Waals surface area contributed by atoms with Gasteiger partial charge in [0.2, 0.25) is 0 Å². The largest absolute Gasteiger partial charge is 0.482 e. The molecule has 0 saturated heterocycles. The van der Waals surface area contributed by atoms with Crippen LogP contribution in [0, 0.1) is 6.92 Å². The van der Waals surface area contributed by atoms with Gasteiger partial charge in [-0.3, -0.25) is 4.79 Å². The summed E-state index contributed by atoms with van der Waals surface area (Å²) >= 11 is 6.22. The maximum absolute atomic E-state index is 12.1. The number of carbonyl (C=O) groups is 1. The van der Waals surface area contributed by atoms with Crippen LogP contribution in [-0.2, 0) is 11.2 Å². The molecule has 0 atom stereocenters. The number of nitrogens with one attached hydrogen (secondary N) is 1. The Hall–Kier alpha value is -2.79. The Labute approximate surface area is 155 Å². The third-order valence-corrected chi connectivity index (χ3v) is 4.28. The van der Waals surface area contributed by atoms with E-state index < -0.39 is 5.63 Å². The van der Waals surface area contributed by atoms with E-state index in [2.05, 4.69) is 5.32 Å². The number of aryl methyl sites for hydroxylation is 2. The Morgan fingerprint density at radius 1 is 1.23 bits per heavy atom. The molecular formula is C20H18ClNO4. The third-order valence-electron chi connectivity index (χ3n) is 3.98. The molecule has 1 N–H and O–H groups in total. The van der Waals surface area contributed by atoms with Gasteiger partial charge in [-0.2, -0.15) is 0 Å². The highest BCUT2D eigenvalue weighted by Crippen LogP contribution is 2.31. The van der Waals surface area contributed by atoms with E-state index in [9.17, 15) is 9.59 Å². The lowest BCUT2D eigenvalue weighted by atomic mass is 10.1. The molecule has 0 bridgehead atoms. The first-order valence-corrected chi connectivity index (χ1v) is 8.59. The van der Waals surface area contributed by atoms with Crippen molar-refractivity contribution in [1.82, 2.24) is 0 Å². The lowest BCUT2D eigenvalue weighted by molar-refractivity contribution is -0.118. The minimum absolute atomic E-state index is 0.211. The van der Waals surface area contributed by atoms with E-state index in [0.717, 1.165) is 22.9 Å². The summed E-state index contributed by atoms with van der Waals surface area (Å²) < 4.78 is 10.7. The molecule has 2 aromatic carbocycles. The molecule has 26 heavy (non-hydrogen) atoms. The summed E-state index contributed by atoms with van der Waals surface area (Å²) in [6.07, 6.45) is 0.886. The van der Waals surface area contributed by atoms with Gasteiger partial charge in [0, 0.05) is 23.2 Å². The number of benzene rings is 2. The van der Waals surface area contributed by atoms with Crippen LogP contribution in [0.3, 0.4) is 0 Å². The topological polar surface area (TPSA) is 68.5 Å². The predicted molar refractivity (Wildman–Crippen MR) is 102 cm³/mol. The third kappa shape index (κ3) is 4.06. The van der Waals surface area contributed by atoms with Crippen LogP contribution < -0.4 is 15.7 Å². The minimum Gasteiger partial charge on any atom is -0.482 e. The number of carbonyl (C=O) groups excluding carboxylic acids is 1. The van der Waals surface area contributed by atoms with E-state index >= 15 is 0 Å². The summed E-state index contributed by atoms with van der Waals surface area (Å²) in [7, 11) is 0. The number of anilines is 1. The Bertz CT molecular complexity index is 1030. The van der Waals surface area contributed by atoms with Crippen LogP contribution in [0.25, 0.3) is 11.0 Å². The maximum atomic E-state index is 12.1. The number of amides is 1. The van der Waals surface area contributed by atoms with Crippen LogP contribution >= 0.6 is 11.6 Å². The molecule has 6 heteroatoms. The lowest BCUT2D eigenvalue weighted by Crippen LogP contribution is -2.20. The summed E-state index contributed by atoms with van der Waals surface area (Å²) in [5, 5.41) is 3.85. The van der Waals surface area contributed by atoms with Crippen molar-refractivity contribution in [1.29, 1.82) is 0 Å². The molecule has 0 aliphatic carbocycles. The highest BCUT2D eigenvalue weighted by molar-refractivity contribution is 6.32. The molecule has 0 aliphatic heterocycles. The van der Waals surface area contributed by atoms with Crippen LogP contribution in [0.2, 0.25) is 5.02 Å². The molecule has 0 fully saturated rings. The average molecular weight is 372 g/mol. The molecule has 0 spiro atoms. The average Bonchev–Trinajstić information content (AvgIpc) is 2.61. The number of fused-ring (bicyclic) bond motifs is 1. The molecule has 1 amide bonds. The molecule has 1 heterocycles. The van der Waals surface area contributed by atoms with Gasteiger partial charge >= 0.3 is 5.63 Å². The Balaban J connectivity index is 1.73. The van der Waals surface area contributed by atoms with Crippen molar-refractivity contribution in [2.45, 2.75) is 20.3 Å². The fraction of sp³-hybridized carbons (Fsp3) is 0.200. The van der Waals surface area contributed by atoms with E-state index in [4.69, 9.17) is 20.8 Å². The molecule has 3 aromatic rings. The van der Waals surface area contributed by atoms with Crippen molar-refractivity contribution in [2.75, 3.05) is 11.9 Å². The molecule has 5 nitrogen and oxygen atoms in total. The van der Waals surface area contributed by atoms with Crippen LogP contribution in [0.4, 0.5) is 5.69 Å². The number of rotatable bonds is 5. The van der Waals surface area contributed by atoms with Crippen LogP contribution in [-0.4, -0.2) is 12.5 Å². The first-order valence-electron chi connectivity index (χ1n) is 8.22. The van der Waals surface area contributed by atoms with E-state index in [1.807, 2.05) is 31.2 Å². The monoisotopic (exact) mass is 371 g/mol. The zero-order chi connectivity index (χ0) is 18.7. The summed E-state index contributed by atoms with van der Waals surface area (Å²) in [6, 6.07) is 12.2. The Kier molecular flexibility index (Phi) is 5.28. The molecule has 134 valence electrons. The smallest absolute Gasteiger partial charge is 0.336 e. The Morgan fingerprint density at radius 3 is 2.81 bits per heavy atom. The molecule has 0 radical (unpaired) electrons. The summed E-state index contributed by atoms with van der Waals surface area (Å²) in [5.74, 6) is -0.0227. The van der Waals surface area contributed by atoms with E-state index in [-0.39, 0.29) is 18.3 Å². The van der Waals surface area contributed by atoms with Crippen molar-refractivity contribution < 1.29 is 13.9 Å². The second kappa shape index (κ2) is 7.62. The maximum Gasteiger partial charge on any atom is 0.336 e. The number of hydrogen-bond donors (Lipinski definition) is 1. The molecule has 3 rings (SSSR count). The number of hydrogen-bond acceptors (Lipinski definition) is 4. The second-order valence-electron chi connectivity index (χ2n) is 5.92. The Morgan fingerprint density at radius 2 is 2.04 bits per heavy atom. The van der Waals surface area contributed by atoms with E-state index in [1.54, 1.807) is 13.0 Å². The zero-order valence-corrected chi connectivity index (χ0v) is 15.2. The lowest BCUT2D eigenvalue weighted by Gasteiger charge is -2.10. The molecular weight excluding hydrogens is 354 g/mol. The van der Waals surface area contributed by atoms with Gasteiger partial charge in [0.25, 0.3) is 5.91 Å². The van der Waals surface area contributed by atoms with Crippen molar-refractivity contribution in [3.8, 4) is 5.75 Å². The van der Waals surface area contributed by atoms with E-state index in [1.165, 1.54) is 12.1 Å². The van der Waals surface area contributed by atoms with Gasteiger partial charge in [-0.25, -0.2) is 4.79 Å². The standard InChI is InChI=1S/C20H18ClNO4/c1-3-13-5-4-6-14(8-13)22-19(23)11-25-18-10-17-15(9-16(18)21)12(2)7-20(24)26-17/h4-10H,3,11H2,1-2H3,(H,22,23). The van der Waals surface area contributed by atoms with Gasteiger partial charge in [0.15, 0.2) is 6.61 Å².